The predicted molar refractivity (Wildman–Crippen MR) is 68.0 cm³/mol. The number of aromatic nitrogens is 1. The lowest BCUT2D eigenvalue weighted by molar-refractivity contribution is -0.631. The molecular weight excluding hydrogens is 337 g/mol. The summed E-state index contributed by atoms with van der Waals surface area (Å²) in [5.74, 6) is 0. The second-order valence-corrected chi connectivity index (χ2v) is 4.14. The van der Waals surface area contributed by atoms with Gasteiger partial charge in [-0.2, -0.15) is 4.57 Å². The summed E-state index contributed by atoms with van der Waals surface area (Å²) in [5, 5.41) is 1.11. The van der Waals surface area contributed by atoms with Crippen LogP contribution in [0.1, 0.15) is 0 Å². The number of rotatable bonds is 0. The smallest absolute Gasteiger partial charge is 0.213 e. The molecule has 2 nitrogen and oxygen atoms in total. The molecule has 0 unspecified atom stereocenters. The molecule has 0 radical (unpaired) electrons. The first-order chi connectivity index (χ1) is 8.27. The summed E-state index contributed by atoms with van der Waals surface area (Å²) >= 11 is 0. The highest BCUT2D eigenvalue weighted by Crippen LogP contribution is 2.26. The van der Waals surface area contributed by atoms with Crippen LogP contribution in [0.5, 0.6) is 0 Å². The van der Waals surface area contributed by atoms with Crippen molar-refractivity contribution in [3.8, 4) is 11.3 Å². The van der Waals surface area contributed by atoms with Gasteiger partial charge in [-0.3, -0.25) is 4.79 Å². The zero-order valence-electron chi connectivity index (χ0n) is 9.93. The van der Waals surface area contributed by atoms with Gasteiger partial charge in [-0.1, -0.05) is 18.2 Å². The van der Waals surface area contributed by atoms with Crippen molar-refractivity contribution in [3.05, 3.63) is 64.8 Å². The zero-order chi connectivity index (χ0) is 11.8. The fraction of sp³-hybridized carbons (Fsp3) is 0.0667. The van der Waals surface area contributed by atoms with Gasteiger partial charge in [0, 0.05) is 12.1 Å². The van der Waals surface area contributed by atoms with Gasteiger partial charge in [0.1, 0.15) is 7.05 Å². The predicted octanol–water partition coefficient (Wildman–Crippen LogP) is -0.867. The molecule has 1 aromatic carbocycles. The van der Waals surface area contributed by atoms with Crippen molar-refractivity contribution in [1.29, 1.82) is 0 Å². The minimum absolute atomic E-state index is 0. The topological polar surface area (TPSA) is 20.9 Å². The van der Waals surface area contributed by atoms with Gasteiger partial charge in [0.05, 0.1) is 10.9 Å². The van der Waals surface area contributed by atoms with Crippen molar-refractivity contribution in [2.75, 3.05) is 0 Å². The van der Waals surface area contributed by atoms with Crippen molar-refractivity contribution in [2.24, 2.45) is 7.05 Å². The van der Waals surface area contributed by atoms with Crippen molar-refractivity contribution in [3.63, 3.8) is 0 Å². The quantitative estimate of drug-likeness (QED) is 0.382. The molecule has 0 saturated carbocycles. The molecule has 0 fully saturated rings. The Morgan fingerprint density at radius 3 is 2.44 bits per heavy atom. The zero-order valence-corrected chi connectivity index (χ0v) is 12.1. The molecule has 18 heavy (non-hydrogen) atoms. The Hall–Kier alpha value is -1.49. The molecule has 0 aromatic heterocycles. The highest BCUT2D eigenvalue weighted by Gasteiger charge is 2.20. The van der Waals surface area contributed by atoms with Gasteiger partial charge in [0.25, 0.3) is 0 Å². The van der Waals surface area contributed by atoms with Gasteiger partial charge in [0.2, 0.25) is 11.2 Å². The molecule has 0 atom stereocenters. The van der Waals surface area contributed by atoms with Gasteiger partial charge in [-0.15, -0.1) is 0 Å². The Kier molecular flexibility index (Phi) is 3.61. The molecule has 2 aliphatic rings. The molecule has 3 heteroatoms. The lowest BCUT2D eigenvalue weighted by atomic mass is 10.1. The lowest BCUT2D eigenvalue weighted by Crippen LogP contribution is -3.00. The summed E-state index contributed by atoms with van der Waals surface area (Å²) in [4.78, 5) is 11.4. The maximum atomic E-state index is 11.4. The fourth-order valence-corrected chi connectivity index (χ4v) is 2.27. The Balaban J connectivity index is 0.00000120. The normalized spacial score (nSPS) is 10.3. The molecule has 1 aliphatic heterocycles. The van der Waals surface area contributed by atoms with Gasteiger partial charge < -0.3 is 24.0 Å². The maximum Gasteiger partial charge on any atom is 0.213 e. The Bertz CT molecular complexity index is 739. The Labute approximate surface area is 122 Å². The van der Waals surface area contributed by atoms with Crippen LogP contribution in [0.2, 0.25) is 0 Å². The van der Waals surface area contributed by atoms with Crippen molar-refractivity contribution >= 4 is 10.9 Å². The van der Waals surface area contributed by atoms with E-state index in [0.717, 1.165) is 10.9 Å². The number of hydrogen-bond acceptors (Lipinski definition) is 1. The van der Waals surface area contributed by atoms with E-state index in [4.69, 9.17) is 0 Å². The molecule has 1 aromatic rings. The largest absolute Gasteiger partial charge is 1.00 e. The summed E-state index contributed by atoms with van der Waals surface area (Å²) in [6.07, 6.45) is 0. The van der Waals surface area contributed by atoms with Crippen molar-refractivity contribution in [2.45, 2.75) is 0 Å². The van der Waals surface area contributed by atoms with E-state index < -0.39 is 0 Å². The summed E-state index contributed by atoms with van der Waals surface area (Å²) in [6, 6.07) is 17.3. The molecule has 0 N–H and O–H groups in total. The van der Waals surface area contributed by atoms with Crippen LogP contribution in [0.3, 0.4) is 0 Å². The standard InChI is InChI=1S/C15H12NO.HI/c1-16-14-6-4-2-3-5-12(14)13-9-7-11(17)8-10-15(13)16;/h2-10H,1H3;1H/q+1;/p-1. The number of fused-ring (bicyclic) bond motifs is 3. The summed E-state index contributed by atoms with van der Waals surface area (Å²) < 4.78 is 2.12. The molecule has 1 heterocycles. The average Bonchev–Trinajstić information content (AvgIpc) is 2.58. The summed E-state index contributed by atoms with van der Waals surface area (Å²) in [6.45, 7) is 0. The van der Waals surface area contributed by atoms with Crippen molar-refractivity contribution in [1.82, 2.24) is 0 Å². The number of aryl methyl sites for hydroxylation is 1. The number of hydrogen-bond donors (Lipinski definition) is 0. The summed E-state index contributed by atoms with van der Waals surface area (Å²) in [7, 11) is 2.02. The van der Waals surface area contributed by atoms with Crippen LogP contribution < -0.4 is 34.0 Å². The van der Waals surface area contributed by atoms with E-state index in [1.807, 2.05) is 37.4 Å². The minimum atomic E-state index is 0. The van der Waals surface area contributed by atoms with E-state index in [1.165, 1.54) is 11.3 Å². The second kappa shape index (κ2) is 5.02. The third kappa shape index (κ3) is 1.99. The maximum absolute atomic E-state index is 11.4. The second-order valence-electron chi connectivity index (χ2n) is 4.14. The first-order valence-electron chi connectivity index (χ1n) is 5.58. The highest BCUT2D eigenvalue weighted by atomic mass is 127. The van der Waals surface area contributed by atoms with Crippen LogP contribution in [0.25, 0.3) is 22.2 Å². The van der Waals surface area contributed by atoms with Gasteiger partial charge in [0.15, 0.2) is 5.43 Å². The van der Waals surface area contributed by atoms with Crippen LogP contribution in [0.4, 0.5) is 0 Å². The average molecular weight is 349 g/mol. The first-order valence-corrected chi connectivity index (χ1v) is 5.58. The van der Waals surface area contributed by atoms with E-state index in [1.54, 1.807) is 12.1 Å². The van der Waals surface area contributed by atoms with E-state index in [2.05, 4.69) is 16.7 Å². The van der Waals surface area contributed by atoms with E-state index in [0.29, 0.717) is 0 Å². The van der Waals surface area contributed by atoms with Gasteiger partial charge >= 0.3 is 0 Å². The Morgan fingerprint density at radius 2 is 1.61 bits per heavy atom. The van der Waals surface area contributed by atoms with Crippen LogP contribution in [-0.2, 0) is 7.05 Å². The summed E-state index contributed by atoms with van der Waals surface area (Å²) in [5.41, 5.74) is 3.45. The molecule has 0 bridgehead atoms. The van der Waals surface area contributed by atoms with Crippen LogP contribution in [0, 0.1) is 0 Å². The third-order valence-corrected chi connectivity index (χ3v) is 3.12. The number of halogens is 1. The molecular formula is C15H12INO. The molecule has 90 valence electrons. The number of nitrogens with zero attached hydrogens (tertiary/aromatic N) is 1. The van der Waals surface area contributed by atoms with Crippen LogP contribution in [-0.4, -0.2) is 0 Å². The van der Waals surface area contributed by atoms with E-state index in [9.17, 15) is 4.79 Å². The molecule has 0 amide bonds. The molecule has 0 saturated heterocycles. The van der Waals surface area contributed by atoms with Crippen LogP contribution >= 0.6 is 0 Å². The highest BCUT2D eigenvalue weighted by molar-refractivity contribution is 5.92. The van der Waals surface area contributed by atoms with Gasteiger partial charge in [-0.25, -0.2) is 0 Å². The van der Waals surface area contributed by atoms with E-state index in [-0.39, 0.29) is 29.4 Å². The van der Waals surface area contributed by atoms with E-state index >= 15 is 0 Å². The van der Waals surface area contributed by atoms with Crippen LogP contribution in [0.15, 0.2) is 59.4 Å². The molecule has 0 spiro atoms. The lowest BCUT2D eigenvalue weighted by Gasteiger charge is -1.86. The van der Waals surface area contributed by atoms with Gasteiger partial charge in [-0.05, 0) is 24.3 Å². The molecule has 3 rings (SSSR count). The first kappa shape index (κ1) is 13.0. The van der Waals surface area contributed by atoms with Crippen molar-refractivity contribution < 1.29 is 28.5 Å². The monoisotopic (exact) mass is 349 g/mol. The SMILES string of the molecule is C[n+]1c2cccccc-2c2ccc(=O)ccc21.[I-]. The third-order valence-electron chi connectivity index (χ3n) is 3.12. The molecule has 1 aliphatic carbocycles. The fourth-order valence-electron chi connectivity index (χ4n) is 2.27. The minimum Gasteiger partial charge on any atom is -1.00 e. The Morgan fingerprint density at radius 1 is 0.889 bits per heavy atom.